The number of aryl methyl sites for hydroxylation is 1. The highest BCUT2D eigenvalue weighted by Crippen LogP contribution is 2.24. The average molecular weight is 375 g/mol. The van der Waals surface area contributed by atoms with Crippen molar-refractivity contribution in [3.8, 4) is 0 Å². The first-order chi connectivity index (χ1) is 12.5. The Hall–Kier alpha value is -2.02. The summed E-state index contributed by atoms with van der Waals surface area (Å²) >= 11 is 1.36. The van der Waals surface area contributed by atoms with Crippen LogP contribution in [0.15, 0.2) is 40.3 Å². The predicted octanol–water partition coefficient (Wildman–Crippen LogP) is 2.55. The fourth-order valence-electron chi connectivity index (χ4n) is 3.17. The van der Waals surface area contributed by atoms with Gasteiger partial charge in [0.1, 0.15) is 0 Å². The van der Waals surface area contributed by atoms with E-state index in [4.69, 9.17) is 0 Å². The largest absolute Gasteiger partial charge is 0.343 e. The molecule has 0 spiro atoms. The maximum absolute atomic E-state index is 12.7. The minimum Gasteiger partial charge on any atom is -0.342 e. The van der Waals surface area contributed by atoms with Crippen LogP contribution in [0.4, 0.5) is 0 Å². The van der Waals surface area contributed by atoms with E-state index in [-0.39, 0.29) is 16.8 Å². The Balaban J connectivity index is 1.62. The molecular formula is C19H26N4O2S. The summed E-state index contributed by atoms with van der Waals surface area (Å²) < 4.78 is 1.62. The van der Waals surface area contributed by atoms with Gasteiger partial charge in [0.2, 0.25) is 5.91 Å². The van der Waals surface area contributed by atoms with Crippen molar-refractivity contribution in [2.45, 2.75) is 50.1 Å². The molecule has 1 aliphatic rings. The van der Waals surface area contributed by atoms with E-state index < -0.39 is 0 Å². The van der Waals surface area contributed by atoms with Crippen molar-refractivity contribution in [1.82, 2.24) is 19.7 Å². The minimum atomic E-state index is -0.255. The number of hydrogen-bond acceptors (Lipinski definition) is 4. The van der Waals surface area contributed by atoms with Crippen molar-refractivity contribution in [3.63, 3.8) is 0 Å². The molecule has 26 heavy (non-hydrogen) atoms. The summed E-state index contributed by atoms with van der Waals surface area (Å²) in [5, 5.41) is 6.97. The molecule has 1 unspecified atom stereocenters. The smallest absolute Gasteiger partial charge is 0.342 e. The molecule has 0 aliphatic carbocycles. The van der Waals surface area contributed by atoms with Crippen LogP contribution in [-0.2, 0) is 17.8 Å². The third-order valence-corrected chi connectivity index (χ3v) is 5.99. The Morgan fingerprint density at radius 3 is 2.69 bits per heavy atom. The van der Waals surface area contributed by atoms with Gasteiger partial charge in [-0.15, -0.1) is 5.10 Å². The highest BCUT2D eigenvalue weighted by Gasteiger charge is 2.26. The number of carbonyl (C=O) groups is 1. The number of aromatic amines is 1. The number of amides is 1. The van der Waals surface area contributed by atoms with E-state index >= 15 is 0 Å². The molecule has 1 N–H and O–H groups in total. The van der Waals surface area contributed by atoms with Crippen molar-refractivity contribution in [2.75, 3.05) is 13.1 Å². The van der Waals surface area contributed by atoms with Crippen LogP contribution in [0.3, 0.4) is 0 Å². The van der Waals surface area contributed by atoms with Crippen molar-refractivity contribution in [2.24, 2.45) is 5.92 Å². The molecule has 1 atom stereocenters. The van der Waals surface area contributed by atoms with E-state index in [9.17, 15) is 9.59 Å². The number of benzene rings is 1. The minimum absolute atomic E-state index is 0.131. The molecular weight excluding hydrogens is 348 g/mol. The molecule has 140 valence electrons. The molecule has 1 aliphatic heterocycles. The zero-order valence-electron chi connectivity index (χ0n) is 15.4. The summed E-state index contributed by atoms with van der Waals surface area (Å²) in [7, 11) is 0. The van der Waals surface area contributed by atoms with E-state index in [0.29, 0.717) is 17.6 Å². The number of thioether (sulfide) groups is 1. The Labute approximate surface area is 158 Å². The van der Waals surface area contributed by atoms with Crippen LogP contribution in [0.1, 0.15) is 32.3 Å². The standard InChI is InChI=1S/C19H26N4O2S/c1-14-8-11-22(12-9-14)17(24)15(2)26-19-21-20-18(25)23(19)13-10-16-6-4-3-5-7-16/h3-7,14-15H,8-13H2,1-2H3,(H,20,25). The zero-order valence-corrected chi connectivity index (χ0v) is 16.2. The Morgan fingerprint density at radius 2 is 2.00 bits per heavy atom. The molecule has 2 aromatic rings. The molecule has 2 heterocycles. The van der Waals surface area contributed by atoms with Crippen LogP contribution >= 0.6 is 11.8 Å². The summed E-state index contributed by atoms with van der Waals surface area (Å²) in [6, 6.07) is 10.0. The lowest BCUT2D eigenvalue weighted by Gasteiger charge is -2.31. The van der Waals surface area contributed by atoms with Gasteiger partial charge in [-0.1, -0.05) is 49.0 Å². The number of nitrogens with zero attached hydrogens (tertiary/aromatic N) is 3. The normalized spacial score (nSPS) is 16.6. The van der Waals surface area contributed by atoms with Crippen molar-refractivity contribution in [3.05, 3.63) is 46.4 Å². The fourth-order valence-corrected chi connectivity index (χ4v) is 4.14. The Kier molecular flexibility index (Phi) is 6.19. The molecule has 3 rings (SSSR count). The first-order valence-electron chi connectivity index (χ1n) is 9.19. The van der Waals surface area contributed by atoms with Crippen LogP contribution in [0.2, 0.25) is 0 Å². The third-order valence-electron chi connectivity index (χ3n) is 4.92. The Morgan fingerprint density at radius 1 is 1.31 bits per heavy atom. The van der Waals surface area contributed by atoms with Crippen molar-refractivity contribution < 1.29 is 4.79 Å². The van der Waals surface area contributed by atoms with Gasteiger partial charge in [-0.25, -0.2) is 9.89 Å². The van der Waals surface area contributed by atoms with E-state index in [1.165, 1.54) is 17.3 Å². The zero-order chi connectivity index (χ0) is 18.5. The monoisotopic (exact) mass is 374 g/mol. The van der Waals surface area contributed by atoms with Gasteiger partial charge >= 0.3 is 5.69 Å². The molecule has 0 radical (unpaired) electrons. The molecule has 1 aromatic carbocycles. The van der Waals surface area contributed by atoms with Crippen molar-refractivity contribution >= 4 is 17.7 Å². The number of H-pyrrole nitrogens is 1. The predicted molar refractivity (Wildman–Crippen MR) is 103 cm³/mol. The molecule has 0 saturated carbocycles. The topological polar surface area (TPSA) is 71.0 Å². The van der Waals surface area contributed by atoms with Gasteiger partial charge in [-0.05, 0) is 37.7 Å². The van der Waals surface area contributed by atoms with Crippen LogP contribution in [0, 0.1) is 5.92 Å². The Bertz CT molecular complexity index is 778. The molecule has 1 saturated heterocycles. The molecule has 0 bridgehead atoms. The highest BCUT2D eigenvalue weighted by atomic mass is 32.2. The first-order valence-corrected chi connectivity index (χ1v) is 10.1. The number of hydrogen-bond donors (Lipinski definition) is 1. The van der Waals surface area contributed by atoms with Gasteiger partial charge < -0.3 is 4.90 Å². The van der Waals surface area contributed by atoms with Gasteiger partial charge in [-0.2, -0.15) is 0 Å². The van der Waals surface area contributed by atoms with E-state index in [1.807, 2.05) is 42.2 Å². The molecule has 1 amide bonds. The second kappa shape index (κ2) is 8.58. The molecule has 6 nitrogen and oxygen atoms in total. The third kappa shape index (κ3) is 4.58. The number of carbonyl (C=O) groups excluding carboxylic acids is 1. The van der Waals surface area contributed by atoms with Crippen LogP contribution < -0.4 is 5.69 Å². The van der Waals surface area contributed by atoms with E-state index in [2.05, 4.69) is 17.1 Å². The van der Waals surface area contributed by atoms with Crippen LogP contribution in [-0.4, -0.2) is 43.9 Å². The second-order valence-corrected chi connectivity index (χ2v) is 8.27. The van der Waals surface area contributed by atoms with Gasteiger partial charge in [-0.3, -0.25) is 9.36 Å². The molecule has 1 fully saturated rings. The maximum Gasteiger partial charge on any atom is 0.343 e. The highest BCUT2D eigenvalue weighted by molar-refractivity contribution is 8.00. The van der Waals surface area contributed by atoms with E-state index in [0.717, 1.165) is 32.4 Å². The number of likely N-dealkylation sites (tertiary alicyclic amines) is 1. The van der Waals surface area contributed by atoms with Gasteiger partial charge in [0, 0.05) is 19.6 Å². The first kappa shape index (κ1) is 18.8. The second-order valence-electron chi connectivity index (χ2n) is 6.97. The van der Waals surface area contributed by atoms with Crippen LogP contribution in [0.5, 0.6) is 0 Å². The SMILES string of the molecule is CC1CCN(C(=O)C(C)Sc2n[nH]c(=O)n2CCc2ccccc2)CC1. The quantitative estimate of drug-likeness (QED) is 0.789. The average Bonchev–Trinajstić information content (AvgIpc) is 3.00. The molecule has 1 aromatic heterocycles. The number of nitrogens with one attached hydrogen (secondary N) is 1. The summed E-state index contributed by atoms with van der Waals surface area (Å²) in [5.41, 5.74) is 0.943. The van der Waals surface area contributed by atoms with E-state index in [1.54, 1.807) is 4.57 Å². The molecule has 7 heteroatoms. The van der Waals surface area contributed by atoms with Gasteiger partial charge in [0.25, 0.3) is 0 Å². The number of aromatic nitrogens is 3. The lowest BCUT2D eigenvalue weighted by atomic mass is 9.99. The summed E-state index contributed by atoms with van der Waals surface area (Å²) in [5.74, 6) is 0.823. The number of rotatable bonds is 6. The lowest BCUT2D eigenvalue weighted by molar-refractivity contribution is -0.131. The van der Waals surface area contributed by atoms with Crippen molar-refractivity contribution in [1.29, 1.82) is 0 Å². The van der Waals surface area contributed by atoms with Gasteiger partial charge in [0.05, 0.1) is 5.25 Å². The summed E-state index contributed by atoms with van der Waals surface area (Å²) in [6.07, 6.45) is 2.88. The summed E-state index contributed by atoms with van der Waals surface area (Å²) in [4.78, 5) is 26.7. The van der Waals surface area contributed by atoms with Crippen LogP contribution in [0.25, 0.3) is 0 Å². The maximum atomic E-state index is 12.7. The fraction of sp³-hybridized carbons (Fsp3) is 0.526. The van der Waals surface area contributed by atoms with Gasteiger partial charge in [0.15, 0.2) is 5.16 Å². The number of piperidine rings is 1. The lowest BCUT2D eigenvalue weighted by Crippen LogP contribution is -2.41. The summed E-state index contributed by atoms with van der Waals surface area (Å²) in [6.45, 7) is 6.32.